The summed E-state index contributed by atoms with van der Waals surface area (Å²) in [6.07, 6.45) is 3.78. The number of hydrogen-bond donors (Lipinski definition) is 0. The highest BCUT2D eigenvalue weighted by Crippen LogP contribution is 2.24. The molecule has 0 aliphatic rings. The highest BCUT2D eigenvalue weighted by molar-refractivity contribution is 9.10. The van der Waals surface area contributed by atoms with Crippen LogP contribution in [0.3, 0.4) is 0 Å². The molecule has 0 unspecified atom stereocenters. The minimum atomic E-state index is 0.885. The van der Waals surface area contributed by atoms with E-state index in [-0.39, 0.29) is 0 Å². The first kappa shape index (κ1) is 18.8. The fourth-order valence-electron chi connectivity index (χ4n) is 2.95. The monoisotopic (exact) mass is 490 g/mol. The summed E-state index contributed by atoms with van der Waals surface area (Å²) in [5.41, 5.74) is 2.13. The van der Waals surface area contributed by atoms with Crippen molar-refractivity contribution in [1.82, 2.24) is 9.97 Å². The second-order valence-electron chi connectivity index (χ2n) is 6.28. The molecule has 0 saturated heterocycles. The van der Waals surface area contributed by atoms with E-state index in [9.17, 15) is 0 Å². The zero-order valence-electron chi connectivity index (χ0n) is 14.9. The fourth-order valence-corrected chi connectivity index (χ4v) is 3.69. The lowest BCUT2D eigenvalue weighted by atomic mass is 10.1. The molecule has 5 aromatic rings. The van der Waals surface area contributed by atoms with Gasteiger partial charge in [-0.3, -0.25) is 4.98 Å². The molecule has 0 bridgehead atoms. The van der Waals surface area contributed by atoms with Gasteiger partial charge in [-0.25, -0.2) is 4.98 Å². The summed E-state index contributed by atoms with van der Waals surface area (Å²) in [6.45, 7) is 0. The van der Waals surface area contributed by atoms with Crippen molar-refractivity contribution in [3.05, 3.63) is 106 Å². The first-order chi connectivity index (χ1) is 13.7. The molecule has 5 rings (SSSR count). The molecule has 2 heterocycles. The Hall–Kier alpha value is -2.56. The van der Waals surface area contributed by atoms with E-state index in [1.54, 1.807) is 0 Å². The Morgan fingerprint density at radius 3 is 1.82 bits per heavy atom. The van der Waals surface area contributed by atoms with Crippen molar-refractivity contribution in [2.75, 3.05) is 0 Å². The molecule has 0 amide bonds. The van der Waals surface area contributed by atoms with Gasteiger partial charge in [0.25, 0.3) is 0 Å². The lowest BCUT2D eigenvalue weighted by Gasteiger charge is -2.03. The third-order valence-electron chi connectivity index (χ3n) is 4.35. The van der Waals surface area contributed by atoms with Gasteiger partial charge in [-0.15, -0.1) is 0 Å². The van der Waals surface area contributed by atoms with E-state index < -0.39 is 0 Å². The fraction of sp³-hybridized carbons (Fsp3) is 0. The summed E-state index contributed by atoms with van der Waals surface area (Å²) in [5.74, 6) is 0. The van der Waals surface area contributed by atoms with E-state index in [0.29, 0.717) is 0 Å². The molecule has 0 aliphatic heterocycles. The number of nitrogens with zero attached hydrogens (tertiary/aromatic N) is 2. The van der Waals surface area contributed by atoms with E-state index in [1.165, 1.54) is 21.5 Å². The first-order valence-corrected chi connectivity index (χ1v) is 10.4. The molecule has 136 valence electrons. The molecule has 3 aromatic carbocycles. The van der Waals surface area contributed by atoms with Gasteiger partial charge >= 0.3 is 0 Å². The third-order valence-corrected chi connectivity index (χ3v) is 5.28. The Morgan fingerprint density at radius 2 is 1.14 bits per heavy atom. The topological polar surface area (TPSA) is 25.8 Å². The van der Waals surface area contributed by atoms with Gasteiger partial charge in [-0.2, -0.15) is 0 Å². The van der Waals surface area contributed by atoms with Gasteiger partial charge in [0, 0.05) is 33.2 Å². The molecule has 0 fully saturated rings. The molecule has 2 nitrogen and oxygen atoms in total. The summed E-state index contributed by atoms with van der Waals surface area (Å²) >= 11 is 6.80. The maximum atomic E-state index is 4.50. The number of benzene rings is 3. The van der Waals surface area contributed by atoms with E-state index in [4.69, 9.17) is 0 Å². The van der Waals surface area contributed by atoms with Crippen LogP contribution in [0.25, 0.3) is 32.8 Å². The Kier molecular flexibility index (Phi) is 5.79. The van der Waals surface area contributed by atoms with Gasteiger partial charge in [0.05, 0.1) is 5.69 Å². The molecular weight excluding hydrogens is 476 g/mol. The molecule has 28 heavy (non-hydrogen) atoms. The Morgan fingerprint density at radius 1 is 0.536 bits per heavy atom. The summed E-state index contributed by atoms with van der Waals surface area (Å²) < 4.78 is 1.96. The van der Waals surface area contributed by atoms with Crippen LogP contribution in [-0.4, -0.2) is 9.97 Å². The lowest BCUT2D eigenvalue weighted by Crippen LogP contribution is -1.83. The summed E-state index contributed by atoms with van der Waals surface area (Å²) in [6, 6.07) is 28.7. The van der Waals surface area contributed by atoms with E-state index in [2.05, 4.69) is 84.3 Å². The number of aromatic nitrogens is 2. The van der Waals surface area contributed by atoms with Gasteiger partial charge < -0.3 is 0 Å². The molecule has 0 atom stereocenters. The van der Waals surface area contributed by atoms with Crippen LogP contribution in [0.2, 0.25) is 0 Å². The van der Waals surface area contributed by atoms with E-state index in [1.807, 2.05) is 54.9 Å². The molecule has 0 spiro atoms. The molecule has 0 saturated carbocycles. The van der Waals surface area contributed by atoms with Crippen LogP contribution >= 0.6 is 31.9 Å². The maximum absolute atomic E-state index is 4.50. The van der Waals surface area contributed by atoms with Crippen molar-refractivity contribution in [3.8, 4) is 11.3 Å². The van der Waals surface area contributed by atoms with Gasteiger partial charge in [0.15, 0.2) is 0 Å². The SMILES string of the molecule is Brc1cc2ccccc2cn1.Brc1cccc(-c2cc3ccccc3cn2)c1. The average molecular weight is 492 g/mol. The predicted molar refractivity (Wildman–Crippen MR) is 124 cm³/mol. The van der Waals surface area contributed by atoms with Gasteiger partial charge in [-0.05, 0) is 51.0 Å². The van der Waals surface area contributed by atoms with Crippen molar-refractivity contribution < 1.29 is 0 Å². The number of halogens is 2. The van der Waals surface area contributed by atoms with Gasteiger partial charge in [0.2, 0.25) is 0 Å². The van der Waals surface area contributed by atoms with Crippen molar-refractivity contribution in [2.24, 2.45) is 0 Å². The second kappa shape index (κ2) is 8.63. The predicted octanol–water partition coefficient (Wildman–Crippen LogP) is 7.66. The van der Waals surface area contributed by atoms with Gasteiger partial charge in [0.1, 0.15) is 4.60 Å². The largest absolute Gasteiger partial charge is 0.256 e. The highest BCUT2D eigenvalue weighted by Gasteiger charge is 2.01. The minimum Gasteiger partial charge on any atom is -0.256 e. The number of rotatable bonds is 1. The summed E-state index contributed by atoms with van der Waals surface area (Å²) in [5, 5.41) is 4.79. The van der Waals surface area contributed by atoms with Crippen LogP contribution < -0.4 is 0 Å². The lowest BCUT2D eigenvalue weighted by molar-refractivity contribution is 1.31. The number of fused-ring (bicyclic) bond motifs is 2. The maximum Gasteiger partial charge on any atom is 0.106 e. The minimum absolute atomic E-state index is 0.885. The smallest absolute Gasteiger partial charge is 0.106 e. The number of pyridine rings is 2. The average Bonchev–Trinajstić information content (AvgIpc) is 2.74. The zero-order chi connectivity index (χ0) is 19.3. The van der Waals surface area contributed by atoms with E-state index >= 15 is 0 Å². The van der Waals surface area contributed by atoms with Crippen molar-refractivity contribution >= 4 is 53.4 Å². The summed E-state index contributed by atoms with van der Waals surface area (Å²) in [4.78, 5) is 8.62. The Labute approximate surface area is 180 Å². The normalized spacial score (nSPS) is 10.5. The van der Waals surface area contributed by atoms with Crippen LogP contribution in [0, 0.1) is 0 Å². The highest BCUT2D eigenvalue weighted by atomic mass is 79.9. The molecular formula is C24H16Br2N2. The molecule has 4 heteroatoms. The van der Waals surface area contributed by atoms with Crippen LogP contribution in [0.15, 0.2) is 106 Å². The molecule has 0 radical (unpaired) electrons. The quantitative estimate of drug-likeness (QED) is 0.225. The summed E-state index contributed by atoms with van der Waals surface area (Å²) in [7, 11) is 0. The van der Waals surface area contributed by atoms with Crippen molar-refractivity contribution in [1.29, 1.82) is 0 Å². The van der Waals surface area contributed by atoms with Crippen LogP contribution in [0.4, 0.5) is 0 Å². The molecule has 0 aliphatic carbocycles. The van der Waals surface area contributed by atoms with E-state index in [0.717, 1.165) is 20.3 Å². The van der Waals surface area contributed by atoms with Crippen molar-refractivity contribution in [2.45, 2.75) is 0 Å². The Bertz CT molecular complexity index is 1250. The van der Waals surface area contributed by atoms with Crippen LogP contribution in [0.5, 0.6) is 0 Å². The van der Waals surface area contributed by atoms with Crippen LogP contribution in [0.1, 0.15) is 0 Å². The second-order valence-corrected chi connectivity index (χ2v) is 8.01. The third kappa shape index (κ3) is 4.46. The number of hydrogen-bond acceptors (Lipinski definition) is 2. The first-order valence-electron chi connectivity index (χ1n) is 8.80. The van der Waals surface area contributed by atoms with Gasteiger partial charge in [-0.1, -0.05) is 76.6 Å². The molecule has 0 N–H and O–H groups in total. The Balaban J connectivity index is 0.000000151. The molecule has 2 aromatic heterocycles. The van der Waals surface area contributed by atoms with Crippen LogP contribution in [-0.2, 0) is 0 Å². The zero-order valence-corrected chi connectivity index (χ0v) is 18.1. The standard InChI is InChI=1S/C15H10BrN.C9H6BrN/c16-14-7-3-6-12(8-14)15-9-11-4-1-2-5-13(11)10-17-15;10-9-5-7-3-1-2-4-8(7)6-11-9/h1-10H;1-6H. The van der Waals surface area contributed by atoms with Crippen molar-refractivity contribution in [3.63, 3.8) is 0 Å².